The Bertz CT molecular complexity index is 712. The number of nitrogens with zero attached hydrogens (tertiary/aromatic N) is 3. The number of H-pyrrole nitrogens is 1. The summed E-state index contributed by atoms with van der Waals surface area (Å²) in [5.74, 6) is 0.160. The Morgan fingerprint density at radius 1 is 1.39 bits per heavy atom. The largest absolute Gasteiger partial charge is 0.334 e. The number of amides is 1. The molecule has 0 aliphatic rings. The zero-order chi connectivity index (χ0) is 16.8. The molecule has 0 spiro atoms. The standard InChI is InChI=1S/C17H22N4O2/c1-4-5-8-15(13-7-6-9-18-10-13)21(3)17(23)14-11-19-12(2)20-16(14)22/h6-7,9-11,15H,4-5,8H2,1-3H3,(H,19,20,22)/t15-/m0/s1. The lowest BCUT2D eigenvalue weighted by molar-refractivity contribution is 0.0717. The summed E-state index contributed by atoms with van der Waals surface area (Å²) in [5.41, 5.74) is 0.617. The average molecular weight is 314 g/mol. The van der Waals surface area contributed by atoms with E-state index in [9.17, 15) is 9.59 Å². The van der Waals surface area contributed by atoms with E-state index in [1.807, 2.05) is 12.1 Å². The SMILES string of the molecule is CCCC[C@@H](c1cccnc1)N(C)C(=O)c1cnc(C)[nH]c1=O. The fraction of sp³-hybridized carbons (Fsp3) is 0.412. The highest BCUT2D eigenvalue weighted by atomic mass is 16.2. The number of hydrogen-bond acceptors (Lipinski definition) is 4. The van der Waals surface area contributed by atoms with Gasteiger partial charge in [-0.1, -0.05) is 25.8 Å². The molecule has 1 N–H and O–H groups in total. The maximum Gasteiger partial charge on any atom is 0.263 e. The maximum atomic E-state index is 12.7. The summed E-state index contributed by atoms with van der Waals surface area (Å²) in [6, 6.07) is 3.69. The predicted octanol–water partition coefficient (Wildman–Crippen LogP) is 2.48. The molecule has 1 atom stereocenters. The molecule has 0 unspecified atom stereocenters. The van der Waals surface area contributed by atoms with Crippen molar-refractivity contribution in [2.75, 3.05) is 7.05 Å². The quantitative estimate of drug-likeness (QED) is 0.888. The number of rotatable bonds is 6. The molecule has 2 aromatic heterocycles. The second-order valence-electron chi connectivity index (χ2n) is 5.57. The van der Waals surface area contributed by atoms with Gasteiger partial charge in [0.25, 0.3) is 11.5 Å². The summed E-state index contributed by atoms with van der Waals surface area (Å²) in [6.07, 6.45) is 7.65. The monoisotopic (exact) mass is 314 g/mol. The molecule has 0 bridgehead atoms. The maximum absolute atomic E-state index is 12.7. The Labute approximate surface area is 135 Å². The van der Waals surface area contributed by atoms with E-state index in [1.54, 1.807) is 31.3 Å². The van der Waals surface area contributed by atoms with Crippen LogP contribution in [0.5, 0.6) is 0 Å². The second-order valence-corrected chi connectivity index (χ2v) is 5.57. The normalized spacial score (nSPS) is 12.0. The van der Waals surface area contributed by atoms with E-state index < -0.39 is 5.56 Å². The predicted molar refractivity (Wildman–Crippen MR) is 88.2 cm³/mol. The molecule has 6 heteroatoms. The van der Waals surface area contributed by atoms with Crippen LogP contribution in [0, 0.1) is 6.92 Å². The highest BCUT2D eigenvalue weighted by Crippen LogP contribution is 2.25. The van der Waals surface area contributed by atoms with E-state index in [2.05, 4.69) is 21.9 Å². The van der Waals surface area contributed by atoms with Gasteiger partial charge in [0.15, 0.2) is 0 Å². The Hall–Kier alpha value is -2.50. The summed E-state index contributed by atoms with van der Waals surface area (Å²) in [7, 11) is 1.72. The Balaban J connectivity index is 2.30. The minimum atomic E-state index is -0.408. The lowest BCUT2D eigenvalue weighted by Gasteiger charge is -2.28. The summed E-state index contributed by atoms with van der Waals surface area (Å²) < 4.78 is 0. The molecule has 0 saturated carbocycles. The first kappa shape index (κ1) is 16.9. The average Bonchev–Trinajstić information content (AvgIpc) is 2.55. The van der Waals surface area contributed by atoms with Crippen LogP contribution in [0.15, 0.2) is 35.5 Å². The van der Waals surface area contributed by atoms with Crippen LogP contribution < -0.4 is 5.56 Å². The zero-order valence-corrected chi connectivity index (χ0v) is 13.7. The molecule has 122 valence electrons. The van der Waals surface area contributed by atoms with Crippen molar-refractivity contribution in [2.24, 2.45) is 0 Å². The molecule has 23 heavy (non-hydrogen) atoms. The number of pyridine rings is 1. The van der Waals surface area contributed by atoms with Gasteiger partial charge in [-0.15, -0.1) is 0 Å². The van der Waals surface area contributed by atoms with Crippen molar-refractivity contribution in [3.63, 3.8) is 0 Å². The van der Waals surface area contributed by atoms with Gasteiger partial charge in [0.1, 0.15) is 11.4 Å². The van der Waals surface area contributed by atoms with Gasteiger partial charge in [-0.25, -0.2) is 4.98 Å². The van der Waals surface area contributed by atoms with Crippen molar-refractivity contribution in [1.82, 2.24) is 19.9 Å². The highest BCUT2D eigenvalue weighted by Gasteiger charge is 2.24. The van der Waals surface area contributed by atoms with Crippen LogP contribution in [0.2, 0.25) is 0 Å². The molecule has 0 radical (unpaired) electrons. The van der Waals surface area contributed by atoms with Crippen molar-refractivity contribution in [1.29, 1.82) is 0 Å². The van der Waals surface area contributed by atoms with Crippen molar-refractivity contribution in [2.45, 2.75) is 39.2 Å². The molecule has 2 aromatic rings. The van der Waals surface area contributed by atoms with Crippen LogP contribution in [0.25, 0.3) is 0 Å². The van der Waals surface area contributed by atoms with Crippen LogP contribution in [-0.2, 0) is 0 Å². The molecule has 2 heterocycles. The first-order chi connectivity index (χ1) is 11.0. The van der Waals surface area contributed by atoms with E-state index in [0.717, 1.165) is 24.8 Å². The van der Waals surface area contributed by atoms with Crippen LogP contribution in [-0.4, -0.2) is 32.8 Å². The van der Waals surface area contributed by atoms with Crippen molar-refractivity contribution in [3.05, 3.63) is 58.0 Å². The van der Waals surface area contributed by atoms with Crippen LogP contribution >= 0.6 is 0 Å². The van der Waals surface area contributed by atoms with Crippen LogP contribution in [0.1, 0.15) is 54.0 Å². The summed E-state index contributed by atoms with van der Waals surface area (Å²) in [6.45, 7) is 3.79. The lowest BCUT2D eigenvalue weighted by atomic mass is 10.0. The molecule has 2 rings (SSSR count). The van der Waals surface area contributed by atoms with Gasteiger partial charge >= 0.3 is 0 Å². The number of aromatic nitrogens is 3. The minimum absolute atomic E-state index is 0.0588. The number of hydrogen-bond donors (Lipinski definition) is 1. The molecule has 6 nitrogen and oxygen atoms in total. The first-order valence-electron chi connectivity index (χ1n) is 7.77. The summed E-state index contributed by atoms with van der Waals surface area (Å²) in [4.78, 5) is 37.0. The summed E-state index contributed by atoms with van der Waals surface area (Å²) in [5, 5.41) is 0. The molecule has 1 amide bonds. The van der Waals surface area contributed by atoms with E-state index >= 15 is 0 Å². The number of nitrogens with one attached hydrogen (secondary N) is 1. The Morgan fingerprint density at radius 3 is 2.78 bits per heavy atom. The number of aromatic amines is 1. The molecular weight excluding hydrogens is 292 g/mol. The number of carbonyl (C=O) groups excluding carboxylic acids is 1. The van der Waals surface area contributed by atoms with Crippen molar-refractivity contribution in [3.8, 4) is 0 Å². The van der Waals surface area contributed by atoms with Crippen LogP contribution in [0.3, 0.4) is 0 Å². The van der Waals surface area contributed by atoms with Crippen molar-refractivity contribution >= 4 is 5.91 Å². The second kappa shape index (κ2) is 7.67. The molecule has 0 aliphatic heterocycles. The van der Waals surface area contributed by atoms with Gasteiger partial charge in [-0.2, -0.15) is 0 Å². The zero-order valence-electron chi connectivity index (χ0n) is 13.7. The molecule has 0 aromatic carbocycles. The lowest BCUT2D eigenvalue weighted by Crippen LogP contribution is -2.35. The van der Waals surface area contributed by atoms with Gasteiger partial charge in [0, 0.05) is 25.6 Å². The topological polar surface area (TPSA) is 79.0 Å². The number of unbranched alkanes of at least 4 members (excludes halogenated alkanes) is 1. The van der Waals surface area contributed by atoms with E-state index in [-0.39, 0.29) is 17.5 Å². The fourth-order valence-corrected chi connectivity index (χ4v) is 2.52. The third-order valence-corrected chi connectivity index (χ3v) is 3.84. The number of carbonyl (C=O) groups is 1. The molecule has 0 fully saturated rings. The van der Waals surface area contributed by atoms with Gasteiger partial charge in [-0.3, -0.25) is 14.6 Å². The first-order valence-corrected chi connectivity index (χ1v) is 7.77. The third kappa shape index (κ3) is 4.03. The Morgan fingerprint density at radius 2 is 2.17 bits per heavy atom. The van der Waals surface area contributed by atoms with E-state index in [0.29, 0.717) is 5.82 Å². The molecule has 0 saturated heterocycles. The Kier molecular flexibility index (Phi) is 5.62. The van der Waals surface area contributed by atoms with E-state index in [1.165, 1.54) is 6.20 Å². The van der Waals surface area contributed by atoms with Gasteiger partial charge in [-0.05, 0) is 25.0 Å². The van der Waals surface area contributed by atoms with E-state index in [4.69, 9.17) is 0 Å². The minimum Gasteiger partial charge on any atom is -0.334 e. The van der Waals surface area contributed by atoms with Gasteiger partial charge < -0.3 is 9.88 Å². The van der Waals surface area contributed by atoms with Gasteiger partial charge in [0.2, 0.25) is 0 Å². The van der Waals surface area contributed by atoms with Gasteiger partial charge in [0.05, 0.1) is 6.04 Å². The smallest absolute Gasteiger partial charge is 0.263 e. The fourth-order valence-electron chi connectivity index (χ4n) is 2.52. The van der Waals surface area contributed by atoms with Crippen molar-refractivity contribution < 1.29 is 4.79 Å². The van der Waals surface area contributed by atoms with Crippen LogP contribution in [0.4, 0.5) is 0 Å². The molecule has 0 aliphatic carbocycles. The number of aryl methyl sites for hydroxylation is 1. The highest BCUT2D eigenvalue weighted by molar-refractivity contribution is 5.93. The summed E-state index contributed by atoms with van der Waals surface area (Å²) >= 11 is 0. The third-order valence-electron chi connectivity index (χ3n) is 3.84. The molecular formula is C17H22N4O2.